The Bertz CT molecular complexity index is 1120. The number of hydrogen-bond acceptors (Lipinski definition) is 6. The highest BCUT2D eigenvalue weighted by molar-refractivity contribution is 5.95. The summed E-state index contributed by atoms with van der Waals surface area (Å²) in [6, 6.07) is 14.8. The third-order valence-electron chi connectivity index (χ3n) is 8.14. The number of carboxylic acids is 2. The van der Waals surface area contributed by atoms with Gasteiger partial charge in [-0.2, -0.15) is 0 Å². The number of carboxylic acid groups (broad SMARTS) is 2. The van der Waals surface area contributed by atoms with E-state index in [0.29, 0.717) is 62.5 Å². The topological polar surface area (TPSA) is 127 Å². The van der Waals surface area contributed by atoms with Crippen LogP contribution in [0.25, 0.3) is 0 Å². The van der Waals surface area contributed by atoms with E-state index in [9.17, 15) is 19.2 Å². The molecule has 0 aromatic heterocycles. The van der Waals surface area contributed by atoms with Crippen LogP contribution < -0.4 is 0 Å². The van der Waals surface area contributed by atoms with Crippen molar-refractivity contribution in [2.45, 2.75) is 62.6 Å². The minimum atomic E-state index is -0.748. The average Bonchev–Trinajstić information content (AvgIpc) is 3.31. The van der Waals surface area contributed by atoms with Gasteiger partial charge in [0, 0.05) is 11.1 Å². The predicted molar refractivity (Wildman–Crippen MR) is 126 cm³/mol. The molecule has 36 heavy (non-hydrogen) atoms. The van der Waals surface area contributed by atoms with Crippen LogP contribution >= 0.6 is 0 Å². The second kappa shape index (κ2) is 9.08. The summed E-state index contributed by atoms with van der Waals surface area (Å²) in [4.78, 5) is 45.6. The first-order valence-electron chi connectivity index (χ1n) is 12.4. The first kappa shape index (κ1) is 24.0. The fraction of sp³-hybridized carbons (Fsp3) is 0.429. The smallest absolute Gasteiger partial charge is 0.339 e. The van der Waals surface area contributed by atoms with Crippen molar-refractivity contribution in [1.29, 1.82) is 0 Å². The molecule has 4 aliphatic rings. The molecule has 2 saturated carbocycles. The highest BCUT2D eigenvalue weighted by Gasteiger charge is 2.49. The molecule has 0 saturated heterocycles. The van der Waals surface area contributed by atoms with Crippen molar-refractivity contribution >= 4 is 23.9 Å². The van der Waals surface area contributed by atoms with Gasteiger partial charge in [-0.1, -0.05) is 36.4 Å². The number of ether oxygens (including phenoxy) is 2. The van der Waals surface area contributed by atoms with Crippen LogP contribution in [-0.2, 0) is 30.3 Å². The van der Waals surface area contributed by atoms with Gasteiger partial charge < -0.3 is 19.7 Å². The van der Waals surface area contributed by atoms with E-state index in [1.807, 2.05) is 36.4 Å². The zero-order chi connectivity index (χ0) is 25.5. The number of carbonyl (C=O) groups excluding carboxylic acids is 2. The van der Waals surface area contributed by atoms with Crippen LogP contribution in [0.3, 0.4) is 0 Å². The van der Waals surface area contributed by atoms with Gasteiger partial charge in [0.05, 0.1) is 23.0 Å². The first-order valence-corrected chi connectivity index (χ1v) is 12.4. The summed E-state index contributed by atoms with van der Waals surface area (Å²) in [6.07, 6.45) is 4.68. The predicted octanol–water partition coefficient (Wildman–Crippen LogP) is 4.65. The monoisotopic (exact) mass is 492 g/mol. The lowest BCUT2D eigenvalue weighted by Gasteiger charge is -2.35. The number of aliphatic carboxylic acids is 2. The first-order chi connectivity index (χ1) is 17.2. The number of rotatable bonds is 2. The third kappa shape index (κ3) is 4.04. The second-order valence-corrected chi connectivity index (χ2v) is 10.1. The van der Waals surface area contributed by atoms with E-state index >= 15 is 0 Å². The maximum absolute atomic E-state index is 11.8. The van der Waals surface area contributed by atoms with E-state index in [-0.39, 0.29) is 23.8 Å². The molecule has 0 amide bonds. The summed E-state index contributed by atoms with van der Waals surface area (Å²) in [5.74, 6) is -2.66. The Morgan fingerprint density at radius 1 is 0.639 bits per heavy atom. The number of benzene rings is 2. The van der Waals surface area contributed by atoms with Gasteiger partial charge in [0.2, 0.25) is 0 Å². The van der Waals surface area contributed by atoms with Crippen molar-refractivity contribution < 1.29 is 38.9 Å². The summed E-state index contributed by atoms with van der Waals surface area (Å²) in [6.45, 7) is 0. The lowest BCUT2D eigenvalue weighted by Crippen LogP contribution is -2.34. The highest BCUT2D eigenvalue weighted by atomic mass is 16.6. The molecule has 188 valence electrons. The molecule has 0 bridgehead atoms. The molecule has 6 rings (SSSR count). The SMILES string of the molecule is O=C1OC2(CCC(C(=O)O)CC2)c2ccccc21.O=C1OC2(CCC(C(=O)O)CC2)c2ccccc21. The summed E-state index contributed by atoms with van der Waals surface area (Å²) >= 11 is 0. The van der Waals surface area contributed by atoms with E-state index in [4.69, 9.17) is 19.7 Å². The average molecular weight is 493 g/mol. The standard InChI is InChI=1S/2C14H14O4/c2*15-12(16)9-5-7-14(8-6-9)11-4-2-1-3-10(11)13(17)18-14/h2*1-4,9H,5-8H2,(H,15,16). The maximum atomic E-state index is 11.8. The molecule has 2 heterocycles. The second-order valence-electron chi connectivity index (χ2n) is 10.1. The van der Waals surface area contributed by atoms with Crippen molar-refractivity contribution in [3.8, 4) is 0 Å². The molecule has 0 radical (unpaired) electrons. The fourth-order valence-electron chi connectivity index (χ4n) is 6.10. The fourth-order valence-corrected chi connectivity index (χ4v) is 6.10. The lowest BCUT2D eigenvalue weighted by molar-refractivity contribution is -0.146. The molecule has 2 aliphatic carbocycles. The van der Waals surface area contributed by atoms with Gasteiger partial charge in [-0.05, 0) is 63.5 Å². The highest BCUT2D eigenvalue weighted by Crippen LogP contribution is 2.49. The zero-order valence-electron chi connectivity index (χ0n) is 19.8. The van der Waals surface area contributed by atoms with Gasteiger partial charge in [0.1, 0.15) is 11.2 Å². The van der Waals surface area contributed by atoms with Crippen LogP contribution in [0.1, 0.15) is 83.2 Å². The molecular formula is C28H28O8. The largest absolute Gasteiger partial charge is 0.481 e. The quantitative estimate of drug-likeness (QED) is 0.580. The number of hydrogen-bond donors (Lipinski definition) is 2. The molecule has 0 atom stereocenters. The number of carbonyl (C=O) groups is 4. The molecule has 2 N–H and O–H groups in total. The molecule has 2 aromatic rings. The van der Waals surface area contributed by atoms with Gasteiger partial charge in [-0.15, -0.1) is 0 Å². The lowest BCUT2D eigenvalue weighted by atomic mass is 9.75. The minimum absolute atomic E-state index is 0.278. The molecule has 2 aromatic carbocycles. The van der Waals surface area contributed by atoms with E-state index in [2.05, 4.69) is 0 Å². The van der Waals surface area contributed by atoms with Crippen LogP contribution in [0.15, 0.2) is 48.5 Å². The summed E-state index contributed by atoms with van der Waals surface area (Å²) in [5, 5.41) is 18.0. The van der Waals surface area contributed by atoms with Gasteiger partial charge in [-0.3, -0.25) is 9.59 Å². The Hall–Kier alpha value is -3.68. The Morgan fingerprint density at radius 3 is 1.31 bits per heavy atom. The van der Waals surface area contributed by atoms with Crippen molar-refractivity contribution in [1.82, 2.24) is 0 Å². The molecule has 8 heteroatoms. The van der Waals surface area contributed by atoms with Crippen molar-refractivity contribution in [3.05, 3.63) is 70.8 Å². The Balaban J connectivity index is 0.000000148. The maximum Gasteiger partial charge on any atom is 0.339 e. The van der Waals surface area contributed by atoms with Crippen LogP contribution in [0.4, 0.5) is 0 Å². The van der Waals surface area contributed by atoms with Crippen molar-refractivity contribution in [3.63, 3.8) is 0 Å². The minimum Gasteiger partial charge on any atom is -0.481 e. The van der Waals surface area contributed by atoms with Crippen LogP contribution in [0, 0.1) is 11.8 Å². The third-order valence-corrected chi connectivity index (χ3v) is 8.14. The van der Waals surface area contributed by atoms with Crippen LogP contribution in [-0.4, -0.2) is 34.1 Å². The summed E-state index contributed by atoms with van der Waals surface area (Å²) < 4.78 is 11.1. The van der Waals surface area contributed by atoms with E-state index < -0.39 is 23.1 Å². The van der Waals surface area contributed by atoms with E-state index in [1.54, 1.807) is 12.1 Å². The van der Waals surface area contributed by atoms with Crippen molar-refractivity contribution in [2.24, 2.45) is 11.8 Å². The normalized spacial score (nSPS) is 30.0. The summed E-state index contributed by atoms with van der Waals surface area (Å²) in [7, 11) is 0. The van der Waals surface area contributed by atoms with Crippen molar-refractivity contribution in [2.75, 3.05) is 0 Å². The van der Waals surface area contributed by atoms with Gasteiger partial charge in [0.25, 0.3) is 0 Å². The molecule has 2 aliphatic heterocycles. The Morgan fingerprint density at radius 2 is 0.972 bits per heavy atom. The molecular weight excluding hydrogens is 464 g/mol. The van der Waals surface area contributed by atoms with Crippen LogP contribution in [0.2, 0.25) is 0 Å². The number of esters is 2. The Kier molecular flexibility index (Phi) is 6.06. The Labute approximate surface area is 208 Å². The molecule has 2 spiro atoms. The summed E-state index contributed by atoms with van der Waals surface area (Å²) in [5.41, 5.74) is 1.98. The molecule has 2 fully saturated rings. The molecule has 0 unspecified atom stereocenters. The van der Waals surface area contributed by atoms with Gasteiger partial charge in [0.15, 0.2) is 0 Å². The van der Waals surface area contributed by atoms with Crippen LogP contribution in [0.5, 0.6) is 0 Å². The number of fused-ring (bicyclic) bond motifs is 4. The van der Waals surface area contributed by atoms with Gasteiger partial charge >= 0.3 is 23.9 Å². The van der Waals surface area contributed by atoms with Gasteiger partial charge in [-0.25, -0.2) is 9.59 Å². The molecule has 8 nitrogen and oxygen atoms in total. The zero-order valence-corrected chi connectivity index (χ0v) is 19.8. The van der Waals surface area contributed by atoms with E-state index in [1.165, 1.54) is 0 Å². The van der Waals surface area contributed by atoms with E-state index in [0.717, 1.165) is 11.1 Å².